The highest BCUT2D eigenvalue weighted by Gasteiger charge is 2.45. The number of ether oxygens (including phenoxy) is 2. The molecule has 3 saturated heterocycles. The van der Waals surface area contributed by atoms with E-state index in [2.05, 4.69) is 38.6 Å². The van der Waals surface area contributed by atoms with Gasteiger partial charge in [-0.15, -0.1) is 11.8 Å². The molecule has 5 rings (SSSR count). The van der Waals surface area contributed by atoms with Crippen LogP contribution >= 0.6 is 11.8 Å². The normalized spacial score (nSPS) is 43.3. The first-order valence-corrected chi connectivity index (χ1v) is 18.5. The summed E-state index contributed by atoms with van der Waals surface area (Å²) in [5, 5.41) is 10.3. The first-order chi connectivity index (χ1) is 19.8. The molecule has 0 aromatic carbocycles. The van der Waals surface area contributed by atoms with Crippen LogP contribution in [0.5, 0.6) is 0 Å². The summed E-state index contributed by atoms with van der Waals surface area (Å²) in [7, 11) is 0.163. The van der Waals surface area contributed by atoms with E-state index < -0.39 is 21.3 Å². The third-order valence-electron chi connectivity index (χ3n) is 9.90. The predicted molar refractivity (Wildman–Crippen MR) is 162 cm³/mol. The lowest BCUT2D eigenvalue weighted by Crippen LogP contribution is -2.75. The van der Waals surface area contributed by atoms with Crippen LogP contribution in [0.4, 0.5) is 4.39 Å². The van der Waals surface area contributed by atoms with Gasteiger partial charge in [0.25, 0.3) is 0 Å². The van der Waals surface area contributed by atoms with Crippen LogP contribution in [0.2, 0.25) is 0 Å². The zero-order valence-corrected chi connectivity index (χ0v) is 26.7. The molecule has 3 heterocycles. The maximum absolute atomic E-state index is 15.7. The maximum atomic E-state index is 15.7. The Balaban J connectivity index is 1.19. The molecule has 2 aliphatic carbocycles. The molecule has 0 bridgehead atoms. The molecule has 3 aliphatic heterocycles. The average molecular weight is 621 g/mol. The lowest BCUT2D eigenvalue weighted by atomic mass is 9.89. The zero-order valence-electron chi connectivity index (χ0n) is 25.0. The standard InChI is InChI=1S/C28H53FN6O4S2/c1-18-15-24(34-33-18)30-26-25(39-3)27(35-13-5-4-6-14-35)32-28(31-26)40-23-12-11-21(16-22(23)29)41(36,37)17-19-7-9-20(38-2)10-8-19/h18-28,30-34H,4-17H2,1-3H3. The molecule has 10 nitrogen and oxygen atoms in total. The maximum Gasteiger partial charge on any atom is 0.153 e. The van der Waals surface area contributed by atoms with E-state index in [1.165, 1.54) is 19.3 Å². The lowest BCUT2D eigenvalue weighted by molar-refractivity contribution is -0.0615. The molecular formula is C28H53FN6O4S2. The first kappa shape index (κ1) is 32.3. The molecule has 9 atom stereocenters. The molecular weight excluding hydrogens is 567 g/mol. The van der Waals surface area contributed by atoms with E-state index >= 15 is 4.39 Å². The summed E-state index contributed by atoms with van der Waals surface area (Å²) in [6.07, 6.45) is 8.29. The second-order valence-electron chi connectivity index (χ2n) is 12.9. The molecule has 238 valence electrons. The number of likely N-dealkylation sites (tertiary alicyclic amines) is 1. The van der Waals surface area contributed by atoms with Crippen LogP contribution in [0.15, 0.2) is 0 Å². The Bertz CT molecular complexity index is 923. The third kappa shape index (κ3) is 8.34. The number of alkyl halides is 1. The van der Waals surface area contributed by atoms with Crippen LogP contribution < -0.4 is 26.8 Å². The van der Waals surface area contributed by atoms with Crippen molar-refractivity contribution in [1.82, 2.24) is 31.7 Å². The molecule has 0 aromatic heterocycles. The fourth-order valence-corrected chi connectivity index (χ4v) is 11.1. The molecule has 41 heavy (non-hydrogen) atoms. The highest BCUT2D eigenvalue weighted by Crippen LogP contribution is 2.38. The number of hydrazine groups is 1. The summed E-state index contributed by atoms with van der Waals surface area (Å²) in [4.78, 5) is 2.47. The molecule has 2 saturated carbocycles. The van der Waals surface area contributed by atoms with Crippen molar-refractivity contribution in [2.45, 2.75) is 136 Å². The van der Waals surface area contributed by atoms with Gasteiger partial charge in [0.2, 0.25) is 0 Å². The van der Waals surface area contributed by atoms with Crippen molar-refractivity contribution < 1.29 is 22.3 Å². The van der Waals surface area contributed by atoms with Crippen LogP contribution in [0.25, 0.3) is 0 Å². The monoisotopic (exact) mass is 620 g/mol. The number of sulfone groups is 1. The molecule has 5 aliphatic rings. The summed E-state index contributed by atoms with van der Waals surface area (Å²) in [6.45, 7) is 4.19. The summed E-state index contributed by atoms with van der Waals surface area (Å²) in [5.41, 5.74) is 6.43. The Hall–Kier alpha value is -0.0900. The van der Waals surface area contributed by atoms with Crippen LogP contribution in [0, 0.1) is 5.92 Å². The number of thioether (sulfide) groups is 1. The fraction of sp³-hybridized carbons (Fsp3) is 1.00. The van der Waals surface area contributed by atoms with Crippen molar-refractivity contribution in [2.24, 2.45) is 5.92 Å². The van der Waals surface area contributed by atoms with Gasteiger partial charge in [-0.3, -0.25) is 26.3 Å². The number of piperidine rings is 1. The van der Waals surface area contributed by atoms with E-state index in [0.29, 0.717) is 18.9 Å². The van der Waals surface area contributed by atoms with Crippen molar-refractivity contribution in [3.8, 4) is 0 Å². The summed E-state index contributed by atoms with van der Waals surface area (Å²) in [5.74, 6) is 0.362. The van der Waals surface area contributed by atoms with E-state index in [9.17, 15) is 8.42 Å². The Morgan fingerprint density at radius 2 is 1.71 bits per heavy atom. The molecule has 0 spiro atoms. The van der Waals surface area contributed by atoms with Gasteiger partial charge in [-0.05, 0) is 90.1 Å². The van der Waals surface area contributed by atoms with Gasteiger partial charge < -0.3 is 9.47 Å². The molecule has 0 aromatic rings. The Kier molecular flexibility index (Phi) is 11.7. The molecule has 5 N–H and O–H groups in total. The van der Waals surface area contributed by atoms with Gasteiger partial charge in [-0.1, -0.05) is 6.42 Å². The minimum absolute atomic E-state index is 0.00585. The number of hydrogen-bond acceptors (Lipinski definition) is 11. The second-order valence-corrected chi connectivity index (χ2v) is 16.6. The highest BCUT2D eigenvalue weighted by atomic mass is 32.2. The Morgan fingerprint density at radius 1 is 0.951 bits per heavy atom. The van der Waals surface area contributed by atoms with Gasteiger partial charge in [0.1, 0.15) is 17.8 Å². The number of halogens is 1. The molecule has 9 unspecified atom stereocenters. The van der Waals surface area contributed by atoms with Gasteiger partial charge in [-0.25, -0.2) is 18.2 Å². The summed E-state index contributed by atoms with van der Waals surface area (Å²) < 4.78 is 53.8. The van der Waals surface area contributed by atoms with E-state index in [4.69, 9.17) is 9.47 Å². The molecule has 13 heteroatoms. The van der Waals surface area contributed by atoms with Gasteiger partial charge in [-0.2, -0.15) is 0 Å². The number of methoxy groups -OCH3 is 2. The minimum atomic E-state index is -3.32. The molecule has 5 fully saturated rings. The van der Waals surface area contributed by atoms with E-state index in [0.717, 1.165) is 45.2 Å². The van der Waals surface area contributed by atoms with Gasteiger partial charge in [0, 0.05) is 25.5 Å². The largest absolute Gasteiger partial charge is 0.381 e. The van der Waals surface area contributed by atoms with E-state index in [-0.39, 0.29) is 59.5 Å². The van der Waals surface area contributed by atoms with Crippen molar-refractivity contribution in [3.63, 3.8) is 0 Å². The fourth-order valence-electron chi connectivity index (χ4n) is 7.48. The minimum Gasteiger partial charge on any atom is -0.381 e. The molecule has 0 radical (unpaired) electrons. The Morgan fingerprint density at radius 3 is 2.34 bits per heavy atom. The smallest absolute Gasteiger partial charge is 0.153 e. The van der Waals surface area contributed by atoms with Crippen LogP contribution in [-0.4, -0.2) is 105 Å². The van der Waals surface area contributed by atoms with E-state index in [1.807, 2.05) is 0 Å². The quantitative estimate of drug-likeness (QED) is 0.247. The van der Waals surface area contributed by atoms with Crippen LogP contribution in [0.1, 0.15) is 77.6 Å². The third-order valence-corrected chi connectivity index (χ3v) is 13.7. The zero-order chi connectivity index (χ0) is 29.0. The van der Waals surface area contributed by atoms with Crippen LogP contribution in [-0.2, 0) is 19.3 Å². The number of nitrogens with one attached hydrogen (secondary N) is 5. The SMILES string of the molecule is COC1CCC(CS(=O)(=O)C2CCC(SC3NC(NC4CC(C)NN4)C(OC)C(N4CCCCC4)N3)C(F)C2)CC1. The predicted octanol–water partition coefficient (Wildman–Crippen LogP) is 2.03. The van der Waals surface area contributed by atoms with Crippen molar-refractivity contribution >= 4 is 21.6 Å². The lowest BCUT2D eigenvalue weighted by Gasteiger charge is -2.49. The number of nitrogens with zero attached hydrogens (tertiary/aromatic N) is 1. The average Bonchev–Trinajstić information content (AvgIpc) is 3.38. The van der Waals surface area contributed by atoms with Crippen molar-refractivity contribution in [2.75, 3.05) is 33.1 Å². The van der Waals surface area contributed by atoms with E-state index in [1.54, 1.807) is 26.0 Å². The van der Waals surface area contributed by atoms with Gasteiger partial charge >= 0.3 is 0 Å². The summed E-state index contributed by atoms with van der Waals surface area (Å²) in [6, 6.07) is 0.373. The van der Waals surface area contributed by atoms with Crippen molar-refractivity contribution in [1.29, 1.82) is 0 Å². The molecule has 0 amide bonds. The highest BCUT2D eigenvalue weighted by molar-refractivity contribution is 8.00. The van der Waals surface area contributed by atoms with Crippen molar-refractivity contribution in [3.05, 3.63) is 0 Å². The number of hydrogen-bond donors (Lipinski definition) is 5. The second kappa shape index (κ2) is 14.8. The Labute approximate surface area is 250 Å². The summed E-state index contributed by atoms with van der Waals surface area (Å²) >= 11 is 1.58. The van der Waals surface area contributed by atoms with Gasteiger partial charge in [0.05, 0.1) is 35.6 Å². The first-order valence-electron chi connectivity index (χ1n) is 15.9. The van der Waals surface area contributed by atoms with Crippen LogP contribution in [0.3, 0.4) is 0 Å². The topological polar surface area (TPSA) is 116 Å². The number of rotatable bonds is 10. The van der Waals surface area contributed by atoms with Gasteiger partial charge in [0.15, 0.2) is 9.84 Å².